The van der Waals surface area contributed by atoms with E-state index in [-0.39, 0.29) is 30.4 Å². The van der Waals surface area contributed by atoms with Crippen molar-refractivity contribution < 1.29 is 28.9 Å². The molecular weight excluding hydrogens is 283 g/mol. The first-order chi connectivity index (χ1) is 9.87. The maximum atomic E-state index is 14.9. The Morgan fingerprint density at radius 1 is 1.24 bits per heavy atom. The van der Waals surface area contributed by atoms with Crippen LogP contribution in [-0.4, -0.2) is 46.0 Å². The largest absolute Gasteiger partial charge is 0.481 e. The van der Waals surface area contributed by atoms with Gasteiger partial charge in [-0.15, -0.1) is 0 Å². The molecule has 0 aliphatic heterocycles. The lowest BCUT2D eigenvalue weighted by atomic mass is 9.72. The highest BCUT2D eigenvalue weighted by molar-refractivity contribution is 5.79. The number of methoxy groups -OCH3 is 2. The molecule has 1 heterocycles. The summed E-state index contributed by atoms with van der Waals surface area (Å²) in [5.41, 5.74) is -5.17. The molecule has 0 spiro atoms. The molecule has 1 aliphatic carbocycles. The number of hydrogen-bond acceptors (Lipinski definition) is 6. The second kappa shape index (κ2) is 5.44. The third kappa shape index (κ3) is 2.39. The zero-order valence-corrected chi connectivity index (χ0v) is 11.8. The monoisotopic (exact) mass is 300 g/mol. The molecule has 2 rings (SSSR count). The van der Waals surface area contributed by atoms with E-state index in [4.69, 9.17) is 9.47 Å². The summed E-state index contributed by atoms with van der Waals surface area (Å²) < 4.78 is 24.8. The lowest BCUT2D eigenvalue weighted by molar-refractivity contribution is -0.187. The highest BCUT2D eigenvalue weighted by atomic mass is 19.1. The Labute approximate surface area is 120 Å². The van der Waals surface area contributed by atoms with Crippen LogP contribution in [0.15, 0.2) is 6.07 Å². The van der Waals surface area contributed by atoms with Crippen LogP contribution in [0.3, 0.4) is 0 Å². The van der Waals surface area contributed by atoms with Gasteiger partial charge in [-0.25, -0.2) is 9.18 Å². The number of carbonyl (C=O) groups is 1. The average molecular weight is 300 g/mol. The minimum atomic E-state index is -2.84. The van der Waals surface area contributed by atoms with Crippen molar-refractivity contribution in [2.75, 3.05) is 14.2 Å². The lowest BCUT2D eigenvalue weighted by Crippen LogP contribution is -2.56. The SMILES string of the molecule is COc1cc(OC)nc(C2(O)CCCCC2(F)C(=O)O)n1. The van der Waals surface area contributed by atoms with E-state index in [1.54, 1.807) is 0 Å². The van der Waals surface area contributed by atoms with Crippen molar-refractivity contribution in [2.24, 2.45) is 0 Å². The van der Waals surface area contributed by atoms with Gasteiger partial charge in [-0.1, -0.05) is 0 Å². The van der Waals surface area contributed by atoms with Crippen molar-refractivity contribution in [1.29, 1.82) is 0 Å². The molecular formula is C13H17FN2O5. The van der Waals surface area contributed by atoms with Gasteiger partial charge in [-0.2, -0.15) is 9.97 Å². The topological polar surface area (TPSA) is 102 Å². The standard InChI is InChI=1S/C13H17FN2O5/c1-20-8-7-9(21-2)16-10(15-8)13(19)6-4-3-5-12(13,14)11(17)18/h7,19H,3-6H2,1-2H3,(H,17,18). The minimum absolute atomic E-state index is 0.0589. The highest BCUT2D eigenvalue weighted by Crippen LogP contribution is 2.46. The molecule has 0 amide bonds. The summed E-state index contributed by atoms with van der Waals surface area (Å²) in [4.78, 5) is 19.1. The molecule has 2 atom stereocenters. The van der Waals surface area contributed by atoms with Gasteiger partial charge in [-0.3, -0.25) is 0 Å². The van der Waals surface area contributed by atoms with E-state index < -0.39 is 17.2 Å². The number of aliphatic hydroxyl groups is 1. The number of carboxylic acid groups (broad SMARTS) is 1. The second-order valence-corrected chi connectivity index (χ2v) is 4.95. The van der Waals surface area contributed by atoms with Crippen LogP contribution in [-0.2, 0) is 10.4 Å². The number of aromatic nitrogens is 2. The fraction of sp³-hybridized carbons (Fsp3) is 0.615. The van der Waals surface area contributed by atoms with Crippen molar-refractivity contribution in [1.82, 2.24) is 9.97 Å². The molecule has 0 saturated heterocycles. The van der Waals surface area contributed by atoms with Crippen LogP contribution in [0.5, 0.6) is 11.8 Å². The smallest absolute Gasteiger partial charge is 0.345 e. The van der Waals surface area contributed by atoms with Gasteiger partial charge in [0.05, 0.1) is 20.3 Å². The van der Waals surface area contributed by atoms with Gasteiger partial charge in [0.25, 0.3) is 0 Å². The second-order valence-electron chi connectivity index (χ2n) is 4.95. The number of carboxylic acids is 1. The summed E-state index contributed by atoms with van der Waals surface area (Å²) in [6, 6.07) is 1.36. The van der Waals surface area contributed by atoms with E-state index in [2.05, 4.69) is 9.97 Å². The Balaban J connectivity index is 2.58. The van der Waals surface area contributed by atoms with Crippen LogP contribution in [0.4, 0.5) is 4.39 Å². The predicted molar refractivity (Wildman–Crippen MR) is 69.0 cm³/mol. The zero-order valence-electron chi connectivity index (χ0n) is 11.8. The van der Waals surface area contributed by atoms with Gasteiger partial charge in [0.15, 0.2) is 11.4 Å². The molecule has 1 aromatic rings. The van der Waals surface area contributed by atoms with Crippen molar-refractivity contribution >= 4 is 5.97 Å². The maximum Gasteiger partial charge on any atom is 0.345 e. The van der Waals surface area contributed by atoms with E-state index in [9.17, 15) is 19.4 Å². The Morgan fingerprint density at radius 2 is 1.76 bits per heavy atom. The number of hydrogen-bond donors (Lipinski definition) is 2. The van der Waals surface area contributed by atoms with Crippen LogP contribution in [0.25, 0.3) is 0 Å². The first-order valence-electron chi connectivity index (χ1n) is 6.49. The Bertz CT molecular complexity index is 533. The van der Waals surface area contributed by atoms with Crippen LogP contribution >= 0.6 is 0 Å². The number of alkyl halides is 1. The fourth-order valence-electron chi connectivity index (χ4n) is 2.53. The van der Waals surface area contributed by atoms with Crippen molar-refractivity contribution in [2.45, 2.75) is 37.0 Å². The predicted octanol–water partition coefficient (Wildman–Crippen LogP) is 1.05. The normalized spacial score (nSPS) is 29.0. The van der Waals surface area contributed by atoms with Crippen LogP contribution in [0.2, 0.25) is 0 Å². The lowest BCUT2D eigenvalue weighted by Gasteiger charge is -2.40. The summed E-state index contributed by atoms with van der Waals surface area (Å²) in [6.07, 6.45) is 0.443. The summed E-state index contributed by atoms with van der Waals surface area (Å²) in [5.74, 6) is -1.95. The number of nitrogens with zero attached hydrogens (tertiary/aromatic N) is 2. The number of halogens is 1. The van der Waals surface area contributed by atoms with E-state index in [0.29, 0.717) is 12.8 Å². The molecule has 0 aromatic carbocycles. The molecule has 0 bridgehead atoms. The van der Waals surface area contributed by atoms with Crippen LogP contribution in [0.1, 0.15) is 31.5 Å². The fourth-order valence-corrected chi connectivity index (χ4v) is 2.53. The molecule has 116 valence electrons. The van der Waals surface area contributed by atoms with Crippen molar-refractivity contribution in [3.05, 3.63) is 11.9 Å². The third-order valence-corrected chi connectivity index (χ3v) is 3.77. The van der Waals surface area contributed by atoms with E-state index >= 15 is 0 Å². The molecule has 2 N–H and O–H groups in total. The van der Waals surface area contributed by atoms with Crippen molar-refractivity contribution in [3.8, 4) is 11.8 Å². The van der Waals surface area contributed by atoms with E-state index in [0.717, 1.165) is 0 Å². The minimum Gasteiger partial charge on any atom is -0.481 e. The van der Waals surface area contributed by atoms with Gasteiger partial charge >= 0.3 is 5.97 Å². The van der Waals surface area contributed by atoms with Crippen LogP contribution < -0.4 is 9.47 Å². The molecule has 1 saturated carbocycles. The number of aliphatic carboxylic acids is 1. The molecule has 8 heteroatoms. The molecule has 1 aromatic heterocycles. The Morgan fingerprint density at radius 3 is 2.24 bits per heavy atom. The first-order valence-corrected chi connectivity index (χ1v) is 6.49. The highest BCUT2D eigenvalue weighted by Gasteiger charge is 2.61. The third-order valence-electron chi connectivity index (χ3n) is 3.77. The van der Waals surface area contributed by atoms with Gasteiger partial charge in [0.2, 0.25) is 17.4 Å². The molecule has 0 radical (unpaired) electrons. The molecule has 2 unspecified atom stereocenters. The first kappa shape index (κ1) is 15.4. The average Bonchev–Trinajstić information content (AvgIpc) is 2.49. The maximum absolute atomic E-state index is 14.9. The Hall–Kier alpha value is -1.96. The van der Waals surface area contributed by atoms with Crippen LogP contribution in [0, 0.1) is 0 Å². The Kier molecular flexibility index (Phi) is 3.99. The van der Waals surface area contributed by atoms with E-state index in [1.165, 1.54) is 20.3 Å². The zero-order chi connectivity index (χ0) is 15.7. The van der Waals surface area contributed by atoms with Crippen molar-refractivity contribution in [3.63, 3.8) is 0 Å². The molecule has 21 heavy (non-hydrogen) atoms. The van der Waals surface area contributed by atoms with E-state index in [1.807, 2.05) is 0 Å². The summed E-state index contributed by atoms with van der Waals surface area (Å²) in [5, 5.41) is 19.9. The summed E-state index contributed by atoms with van der Waals surface area (Å²) in [6.45, 7) is 0. The molecule has 1 aliphatic rings. The quantitative estimate of drug-likeness (QED) is 0.856. The van der Waals surface area contributed by atoms with Gasteiger partial charge in [-0.05, 0) is 25.7 Å². The molecule has 7 nitrogen and oxygen atoms in total. The van der Waals surface area contributed by atoms with Gasteiger partial charge in [0.1, 0.15) is 0 Å². The van der Waals surface area contributed by atoms with Gasteiger partial charge < -0.3 is 19.7 Å². The van der Waals surface area contributed by atoms with Gasteiger partial charge in [0, 0.05) is 0 Å². The number of rotatable bonds is 4. The summed E-state index contributed by atoms with van der Waals surface area (Å²) in [7, 11) is 2.69. The number of ether oxygens (including phenoxy) is 2. The molecule has 1 fully saturated rings. The summed E-state index contributed by atoms with van der Waals surface area (Å²) >= 11 is 0.